The summed E-state index contributed by atoms with van der Waals surface area (Å²) in [5.41, 5.74) is 0.704. The van der Waals surface area contributed by atoms with Crippen LogP contribution in [0.4, 0.5) is 5.69 Å². The molecular formula is C20H29N3O3. The van der Waals surface area contributed by atoms with Gasteiger partial charge >= 0.3 is 0 Å². The van der Waals surface area contributed by atoms with Crippen LogP contribution >= 0.6 is 0 Å². The Balaban J connectivity index is 1.50. The van der Waals surface area contributed by atoms with E-state index in [4.69, 9.17) is 4.74 Å². The van der Waals surface area contributed by atoms with Gasteiger partial charge in [0, 0.05) is 38.0 Å². The van der Waals surface area contributed by atoms with Crippen molar-refractivity contribution in [3.8, 4) is 5.75 Å². The second-order valence-electron chi connectivity index (χ2n) is 7.37. The third-order valence-corrected chi connectivity index (χ3v) is 5.63. The summed E-state index contributed by atoms with van der Waals surface area (Å²) in [4.78, 5) is 29.5. The Labute approximate surface area is 155 Å². The van der Waals surface area contributed by atoms with E-state index in [9.17, 15) is 9.59 Å². The van der Waals surface area contributed by atoms with Crippen molar-refractivity contribution in [3.05, 3.63) is 24.3 Å². The molecule has 26 heavy (non-hydrogen) atoms. The first kappa shape index (κ1) is 18.7. The molecule has 1 aromatic carbocycles. The standard InChI is InChI=1S/C20H29N3O3/c1-22-11-13-23(14-12-22)20(25)16-9-7-15(8-10-16)19(24)21-17-5-3-4-6-18(17)26-2/h3-6,15-16H,7-14H2,1-2H3,(H,21,24). The molecule has 3 rings (SSSR count). The number of amides is 2. The highest BCUT2D eigenvalue weighted by Gasteiger charge is 2.33. The number of anilines is 1. The van der Waals surface area contributed by atoms with Gasteiger partial charge in [0.1, 0.15) is 5.75 Å². The van der Waals surface area contributed by atoms with Gasteiger partial charge in [0.05, 0.1) is 12.8 Å². The van der Waals surface area contributed by atoms with Gasteiger partial charge in [-0.3, -0.25) is 9.59 Å². The summed E-state index contributed by atoms with van der Waals surface area (Å²) in [5.74, 6) is 1.02. The zero-order valence-electron chi connectivity index (χ0n) is 15.7. The minimum absolute atomic E-state index is 0.0278. The van der Waals surface area contributed by atoms with Gasteiger partial charge in [-0.1, -0.05) is 12.1 Å². The number of rotatable bonds is 4. The van der Waals surface area contributed by atoms with E-state index in [-0.39, 0.29) is 23.7 Å². The average molecular weight is 359 g/mol. The van der Waals surface area contributed by atoms with Gasteiger partial charge in [-0.25, -0.2) is 0 Å². The number of carbonyl (C=O) groups excluding carboxylic acids is 2. The zero-order valence-corrected chi connectivity index (χ0v) is 15.7. The zero-order chi connectivity index (χ0) is 18.5. The number of hydrogen-bond acceptors (Lipinski definition) is 4. The summed E-state index contributed by atoms with van der Waals surface area (Å²) < 4.78 is 5.29. The molecule has 1 N–H and O–H groups in total. The molecule has 1 aliphatic carbocycles. The maximum Gasteiger partial charge on any atom is 0.227 e. The van der Waals surface area contributed by atoms with Crippen molar-refractivity contribution < 1.29 is 14.3 Å². The fraction of sp³-hybridized carbons (Fsp3) is 0.600. The van der Waals surface area contributed by atoms with Crippen molar-refractivity contribution >= 4 is 17.5 Å². The van der Waals surface area contributed by atoms with E-state index in [1.54, 1.807) is 7.11 Å². The van der Waals surface area contributed by atoms with Gasteiger partial charge in [0.2, 0.25) is 11.8 Å². The number of nitrogens with one attached hydrogen (secondary N) is 1. The largest absolute Gasteiger partial charge is 0.495 e. The summed E-state index contributed by atoms with van der Waals surface area (Å²) in [7, 11) is 3.69. The molecule has 2 amide bonds. The number of nitrogens with zero attached hydrogens (tertiary/aromatic N) is 2. The monoisotopic (exact) mass is 359 g/mol. The molecule has 0 radical (unpaired) electrons. The first-order valence-electron chi connectivity index (χ1n) is 9.49. The number of para-hydroxylation sites is 2. The topological polar surface area (TPSA) is 61.9 Å². The Morgan fingerprint density at radius 1 is 1.00 bits per heavy atom. The van der Waals surface area contributed by atoms with Crippen LogP contribution in [0, 0.1) is 11.8 Å². The van der Waals surface area contributed by atoms with Crippen LogP contribution in [-0.2, 0) is 9.59 Å². The third-order valence-electron chi connectivity index (χ3n) is 5.63. The molecule has 2 aliphatic rings. The van der Waals surface area contributed by atoms with Crippen molar-refractivity contribution in [1.29, 1.82) is 0 Å². The van der Waals surface area contributed by atoms with Gasteiger partial charge in [0.25, 0.3) is 0 Å². The van der Waals surface area contributed by atoms with Crippen LogP contribution in [0.25, 0.3) is 0 Å². The SMILES string of the molecule is COc1ccccc1NC(=O)C1CCC(C(=O)N2CCN(C)CC2)CC1. The molecular weight excluding hydrogens is 330 g/mol. The van der Waals surface area contributed by atoms with Crippen molar-refractivity contribution in [1.82, 2.24) is 9.80 Å². The summed E-state index contributed by atoms with van der Waals surface area (Å²) in [6.07, 6.45) is 3.14. The molecule has 1 saturated heterocycles. The van der Waals surface area contributed by atoms with E-state index in [1.807, 2.05) is 29.2 Å². The Bertz CT molecular complexity index is 633. The summed E-state index contributed by atoms with van der Waals surface area (Å²) in [6.45, 7) is 3.54. The Kier molecular flexibility index (Phi) is 6.14. The van der Waals surface area contributed by atoms with E-state index in [0.717, 1.165) is 51.9 Å². The van der Waals surface area contributed by atoms with Crippen LogP contribution in [0.3, 0.4) is 0 Å². The number of ether oxygens (including phenoxy) is 1. The lowest BCUT2D eigenvalue weighted by Crippen LogP contribution is -2.49. The first-order chi connectivity index (χ1) is 12.6. The number of hydrogen-bond donors (Lipinski definition) is 1. The van der Waals surface area contributed by atoms with Crippen LogP contribution in [-0.4, -0.2) is 62.0 Å². The van der Waals surface area contributed by atoms with Gasteiger partial charge in [0.15, 0.2) is 0 Å². The Morgan fingerprint density at radius 3 is 2.27 bits per heavy atom. The van der Waals surface area contributed by atoms with Crippen LogP contribution < -0.4 is 10.1 Å². The van der Waals surface area contributed by atoms with E-state index >= 15 is 0 Å². The lowest BCUT2D eigenvalue weighted by atomic mass is 9.80. The molecule has 6 heteroatoms. The molecule has 6 nitrogen and oxygen atoms in total. The van der Waals surface area contributed by atoms with E-state index in [0.29, 0.717) is 11.4 Å². The van der Waals surface area contributed by atoms with Crippen LogP contribution in [0.1, 0.15) is 25.7 Å². The van der Waals surface area contributed by atoms with Gasteiger partial charge in [-0.05, 0) is 44.9 Å². The molecule has 0 spiro atoms. The fourth-order valence-electron chi connectivity index (χ4n) is 3.87. The number of benzene rings is 1. The average Bonchev–Trinajstić information content (AvgIpc) is 2.68. The summed E-state index contributed by atoms with van der Waals surface area (Å²) in [5, 5.41) is 2.98. The Hall–Kier alpha value is -2.08. The van der Waals surface area contributed by atoms with Crippen molar-refractivity contribution in [2.75, 3.05) is 45.7 Å². The summed E-state index contributed by atoms with van der Waals surface area (Å²) in [6, 6.07) is 7.44. The second-order valence-corrected chi connectivity index (χ2v) is 7.37. The highest BCUT2D eigenvalue weighted by molar-refractivity contribution is 5.94. The van der Waals surface area contributed by atoms with Crippen LogP contribution in [0.5, 0.6) is 5.75 Å². The first-order valence-corrected chi connectivity index (χ1v) is 9.49. The van der Waals surface area contributed by atoms with Gasteiger partial charge in [-0.2, -0.15) is 0 Å². The molecule has 0 aromatic heterocycles. The number of likely N-dealkylation sites (N-methyl/N-ethyl adjacent to an activating group) is 1. The lowest BCUT2D eigenvalue weighted by molar-refractivity contribution is -0.139. The number of piperazine rings is 1. The molecule has 1 aliphatic heterocycles. The number of carbonyl (C=O) groups is 2. The predicted molar refractivity (Wildman–Crippen MR) is 101 cm³/mol. The summed E-state index contributed by atoms with van der Waals surface area (Å²) >= 11 is 0. The highest BCUT2D eigenvalue weighted by Crippen LogP contribution is 2.32. The molecule has 142 valence electrons. The van der Waals surface area contributed by atoms with Crippen molar-refractivity contribution in [3.63, 3.8) is 0 Å². The normalized spacial score (nSPS) is 24.2. The minimum Gasteiger partial charge on any atom is -0.495 e. The predicted octanol–water partition coefficient (Wildman–Crippen LogP) is 2.21. The molecule has 1 saturated carbocycles. The molecule has 0 bridgehead atoms. The third kappa shape index (κ3) is 4.36. The number of methoxy groups -OCH3 is 1. The molecule has 1 heterocycles. The molecule has 0 unspecified atom stereocenters. The van der Waals surface area contributed by atoms with Crippen LogP contribution in [0.2, 0.25) is 0 Å². The van der Waals surface area contributed by atoms with Crippen molar-refractivity contribution in [2.24, 2.45) is 11.8 Å². The Morgan fingerprint density at radius 2 is 1.62 bits per heavy atom. The van der Waals surface area contributed by atoms with Crippen molar-refractivity contribution in [2.45, 2.75) is 25.7 Å². The highest BCUT2D eigenvalue weighted by atomic mass is 16.5. The van der Waals surface area contributed by atoms with Crippen LogP contribution in [0.15, 0.2) is 24.3 Å². The van der Waals surface area contributed by atoms with E-state index in [2.05, 4.69) is 17.3 Å². The quantitative estimate of drug-likeness (QED) is 0.895. The maximum absolute atomic E-state index is 12.7. The minimum atomic E-state index is -0.0311. The smallest absolute Gasteiger partial charge is 0.227 e. The molecule has 2 fully saturated rings. The second kappa shape index (κ2) is 8.54. The fourth-order valence-corrected chi connectivity index (χ4v) is 3.87. The maximum atomic E-state index is 12.7. The lowest BCUT2D eigenvalue weighted by Gasteiger charge is -2.36. The molecule has 1 aromatic rings. The molecule has 0 atom stereocenters. The van der Waals surface area contributed by atoms with E-state index in [1.165, 1.54) is 0 Å². The van der Waals surface area contributed by atoms with Gasteiger partial charge < -0.3 is 19.9 Å². The van der Waals surface area contributed by atoms with E-state index < -0.39 is 0 Å². The van der Waals surface area contributed by atoms with Gasteiger partial charge in [-0.15, -0.1) is 0 Å².